The minimum absolute atomic E-state index is 0.157. The summed E-state index contributed by atoms with van der Waals surface area (Å²) in [5.41, 5.74) is 25.5. The van der Waals surface area contributed by atoms with Crippen LogP contribution in [-0.2, 0) is 44.9 Å². The number of carbonyl (C=O) groups is 4. The number of H-pyrrole nitrogens is 2. The molecule has 0 saturated heterocycles. The Kier molecular flexibility index (Phi) is 13.1. The fraction of sp³-hybridized carbons (Fsp3) is 0.267. The fourth-order valence-corrected chi connectivity index (χ4v) is 3.89. The Morgan fingerprint density at radius 3 is 1.30 bits per heavy atom. The molecular weight excluding hydrogens is 600 g/mol. The number of esters is 2. The molecule has 0 fully saturated rings. The summed E-state index contributed by atoms with van der Waals surface area (Å²) in [7, 11) is 0. The minimum Gasteiger partial charge on any atom is -0.480 e. The molecule has 0 bridgehead atoms. The van der Waals surface area contributed by atoms with Crippen LogP contribution >= 0.6 is 0 Å². The summed E-state index contributed by atoms with van der Waals surface area (Å²) in [5.74, 6) is -2.69. The third-order valence-corrected chi connectivity index (χ3v) is 6.42. The molecule has 0 spiro atoms. The van der Waals surface area contributed by atoms with Crippen LogP contribution in [0.4, 0.5) is 0 Å². The first kappa shape index (κ1) is 35.1. The standard InChI is InChI=1S/C24H27N5O6.C6H9N3O2/c25-19(22(30)31)9-14-1-5-17(6-2-14)34-23(32)20(26)10-15-3-7-18(8-4-15)35-24(33)21(27)11-16-12-28-13-29-16;7-5(6(10)11)1-4-2-8-3-9-4/h1-8,12-13,19-21H,9-11,25-27H2,(H,28,29)(H,30,31);2-3,5H,1,7H2,(H,8,9)(H,10,11)/t19-,20-,21-;5-/m00/s1. The maximum atomic E-state index is 12.4. The fourth-order valence-electron chi connectivity index (χ4n) is 3.89. The highest BCUT2D eigenvalue weighted by molar-refractivity contribution is 5.79. The van der Waals surface area contributed by atoms with Gasteiger partial charge in [0.1, 0.15) is 35.7 Å². The van der Waals surface area contributed by atoms with Crippen LogP contribution in [0.15, 0.2) is 73.6 Å². The molecule has 16 nitrogen and oxygen atoms in total. The molecule has 0 aliphatic carbocycles. The van der Waals surface area contributed by atoms with Crippen LogP contribution in [0, 0.1) is 0 Å². The number of nitrogens with two attached hydrogens (primary N) is 4. The van der Waals surface area contributed by atoms with Crippen molar-refractivity contribution in [3.05, 3.63) is 96.1 Å². The van der Waals surface area contributed by atoms with Gasteiger partial charge in [0.25, 0.3) is 0 Å². The van der Waals surface area contributed by atoms with Gasteiger partial charge < -0.3 is 52.6 Å². The third kappa shape index (κ3) is 11.6. The van der Waals surface area contributed by atoms with Gasteiger partial charge in [0.15, 0.2) is 0 Å². The average Bonchev–Trinajstić information content (AvgIpc) is 3.74. The molecular formula is C30H36N8O8. The molecule has 0 aliphatic heterocycles. The first-order valence-corrected chi connectivity index (χ1v) is 13.9. The number of nitrogens with one attached hydrogen (secondary N) is 2. The molecule has 2 aromatic heterocycles. The van der Waals surface area contributed by atoms with Crippen molar-refractivity contribution < 1.29 is 38.9 Å². The van der Waals surface area contributed by atoms with Gasteiger partial charge in [-0.05, 0) is 48.2 Å². The van der Waals surface area contributed by atoms with E-state index in [0.29, 0.717) is 11.3 Å². The topological polar surface area (TPSA) is 289 Å². The van der Waals surface area contributed by atoms with Crippen molar-refractivity contribution in [2.24, 2.45) is 22.9 Å². The zero-order chi connectivity index (χ0) is 33.6. The number of carboxylic acid groups (broad SMARTS) is 2. The number of carboxylic acids is 2. The Balaban J connectivity index is 0.000000441. The predicted octanol–water partition coefficient (Wildman–Crippen LogP) is -0.321. The van der Waals surface area contributed by atoms with E-state index in [-0.39, 0.29) is 31.4 Å². The third-order valence-electron chi connectivity index (χ3n) is 6.42. The van der Waals surface area contributed by atoms with E-state index in [4.69, 9.17) is 42.6 Å². The number of aliphatic carboxylic acids is 2. The van der Waals surface area contributed by atoms with Crippen LogP contribution in [0.25, 0.3) is 0 Å². The normalized spacial score (nSPS) is 13.3. The maximum absolute atomic E-state index is 12.4. The van der Waals surface area contributed by atoms with E-state index in [1.165, 1.54) is 12.7 Å². The molecule has 4 atom stereocenters. The van der Waals surface area contributed by atoms with Crippen molar-refractivity contribution in [1.82, 2.24) is 19.9 Å². The van der Waals surface area contributed by atoms with Crippen LogP contribution in [0.5, 0.6) is 11.5 Å². The molecule has 0 aliphatic rings. The summed E-state index contributed by atoms with van der Waals surface area (Å²) in [6.07, 6.45) is 7.06. The highest BCUT2D eigenvalue weighted by atomic mass is 16.5. The summed E-state index contributed by atoms with van der Waals surface area (Å²) in [6.45, 7) is 0. The number of nitrogens with zero attached hydrogens (tertiary/aromatic N) is 2. The molecule has 2 aromatic carbocycles. The van der Waals surface area contributed by atoms with Crippen LogP contribution < -0.4 is 32.4 Å². The molecule has 16 heteroatoms. The highest BCUT2D eigenvalue weighted by Gasteiger charge is 2.19. The molecule has 0 unspecified atom stereocenters. The van der Waals surface area contributed by atoms with Crippen molar-refractivity contribution in [3.63, 3.8) is 0 Å². The molecule has 4 aromatic rings. The number of benzene rings is 2. The lowest BCUT2D eigenvalue weighted by molar-refractivity contribution is -0.139. The number of aromatic amines is 2. The zero-order valence-corrected chi connectivity index (χ0v) is 24.6. The highest BCUT2D eigenvalue weighted by Crippen LogP contribution is 2.17. The van der Waals surface area contributed by atoms with E-state index < -0.39 is 48.0 Å². The quantitative estimate of drug-likeness (QED) is 0.0650. The monoisotopic (exact) mass is 636 g/mol. The SMILES string of the molecule is N[C@@H](Cc1ccc(OC(=O)[C@@H](N)Cc2ccc(OC(=O)[C@@H](N)Cc3cnc[nH]3)cc2)cc1)C(=O)O.N[C@@H](Cc1cnc[nH]1)C(=O)O. The largest absolute Gasteiger partial charge is 0.480 e. The van der Waals surface area contributed by atoms with Crippen molar-refractivity contribution in [2.45, 2.75) is 49.9 Å². The van der Waals surface area contributed by atoms with Gasteiger partial charge in [0.05, 0.1) is 12.7 Å². The summed E-state index contributed by atoms with van der Waals surface area (Å²) < 4.78 is 10.6. The van der Waals surface area contributed by atoms with Gasteiger partial charge in [-0.3, -0.25) is 9.59 Å². The van der Waals surface area contributed by atoms with E-state index in [0.717, 1.165) is 17.0 Å². The van der Waals surface area contributed by atoms with Gasteiger partial charge in [-0.25, -0.2) is 19.6 Å². The summed E-state index contributed by atoms with van der Waals surface area (Å²) in [5, 5.41) is 17.3. The average molecular weight is 637 g/mol. The summed E-state index contributed by atoms with van der Waals surface area (Å²) >= 11 is 0. The number of rotatable bonds is 14. The van der Waals surface area contributed by atoms with Crippen molar-refractivity contribution in [2.75, 3.05) is 0 Å². The van der Waals surface area contributed by atoms with Crippen molar-refractivity contribution in [3.8, 4) is 11.5 Å². The number of aromatic nitrogens is 4. The second-order valence-electron chi connectivity index (χ2n) is 10.2. The van der Waals surface area contributed by atoms with Gasteiger partial charge in [-0.1, -0.05) is 24.3 Å². The van der Waals surface area contributed by atoms with Gasteiger partial charge in [0, 0.05) is 36.6 Å². The predicted molar refractivity (Wildman–Crippen MR) is 163 cm³/mol. The van der Waals surface area contributed by atoms with Gasteiger partial charge >= 0.3 is 23.9 Å². The Bertz CT molecular complexity index is 1540. The Morgan fingerprint density at radius 1 is 0.587 bits per heavy atom. The van der Waals surface area contributed by atoms with E-state index in [2.05, 4.69) is 19.9 Å². The zero-order valence-electron chi connectivity index (χ0n) is 24.6. The second-order valence-corrected chi connectivity index (χ2v) is 10.2. The summed E-state index contributed by atoms with van der Waals surface area (Å²) in [4.78, 5) is 58.9. The number of hydrogen-bond acceptors (Lipinski definition) is 12. The Hall–Kier alpha value is -5.42. The van der Waals surface area contributed by atoms with Crippen LogP contribution in [0.1, 0.15) is 22.5 Å². The second kappa shape index (κ2) is 17.2. The summed E-state index contributed by atoms with van der Waals surface area (Å²) in [6, 6.07) is 9.31. The minimum atomic E-state index is -1.09. The lowest BCUT2D eigenvalue weighted by atomic mass is 10.1. The molecule has 2 heterocycles. The van der Waals surface area contributed by atoms with Crippen LogP contribution in [0.3, 0.4) is 0 Å². The van der Waals surface area contributed by atoms with Crippen LogP contribution in [-0.4, -0.2) is 78.2 Å². The van der Waals surface area contributed by atoms with E-state index in [9.17, 15) is 19.2 Å². The van der Waals surface area contributed by atoms with E-state index in [1.807, 2.05) is 0 Å². The van der Waals surface area contributed by atoms with Gasteiger partial charge in [-0.2, -0.15) is 0 Å². The van der Waals surface area contributed by atoms with Crippen LogP contribution in [0.2, 0.25) is 0 Å². The lowest BCUT2D eigenvalue weighted by Crippen LogP contribution is -2.36. The van der Waals surface area contributed by atoms with Crippen molar-refractivity contribution >= 4 is 23.9 Å². The molecule has 0 amide bonds. The van der Waals surface area contributed by atoms with Gasteiger partial charge in [0.2, 0.25) is 0 Å². The maximum Gasteiger partial charge on any atom is 0.328 e. The Labute approximate surface area is 263 Å². The number of carbonyl (C=O) groups excluding carboxylic acids is 2. The smallest absolute Gasteiger partial charge is 0.328 e. The first-order valence-electron chi connectivity index (χ1n) is 13.9. The number of hydrogen-bond donors (Lipinski definition) is 8. The number of ether oxygens (including phenoxy) is 2. The van der Waals surface area contributed by atoms with E-state index >= 15 is 0 Å². The number of imidazole rings is 2. The molecule has 244 valence electrons. The first-order chi connectivity index (χ1) is 21.9. The molecule has 4 rings (SSSR count). The molecule has 46 heavy (non-hydrogen) atoms. The van der Waals surface area contributed by atoms with Crippen molar-refractivity contribution in [1.29, 1.82) is 0 Å². The van der Waals surface area contributed by atoms with E-state index in [1.54, 1.807) is 60.9 Å². The van der Waals surface area contributed by atoms with Gasteiger partial charge in [-0.15, -0.1) is 0 Å². The molecule has 0 saturated carbocycles. The Morgan fingerprint density at radius 2 is 0.935 bits per heavy atom. The lowest BCUT2D eigenvalue weighted by Gasteiger charge is -2.13. The molecule has 0 radical (unpaired) electrons. The molecule has 12 N–H and O–H groups in total.